The van der Waals surface area contributed by atoms with Gasteiger partial charge in [-0.2, -0.15) is 0 Å². The van der Waals surface area contributed by atoms with Crippen molar-refractivity contribution in [2.45, 2.75) is 43.9 Å². The number of rotatable bonds is 5. The van der Waals surface area contributed by atoms with E-state index in [1.807, 2.05) is 18.2 Å². The van der Waals surface area contributed by atoms with Crippen molar-refractivity contribution < 1.29 is 4.79 Å². The third kappa shape index (κ3) is 3.32. The van der Waals surface area contributed by atoms with Gasteiger partial charge in [-0.05, 0) is 36.3 Å². The highest BCUT2D eigenvalue weighted by Crippen LogP contribution is 2.32. The second-order valence-corrected chi connectivity index (χ2v) is 7.31. The lowest BCUT2D eigenvalue weighted by Crippen LogP contribution is -2.46. The molecule has 0 radical (unpaired) electrons. The summed E-state index contributed by atoms with van der Waals surface area (Å²) >= 11 is 1.74. The number of carbonyl (C=O) groups is 1. The molecule has 2 heterocycles. The zero-order chi connectivity index (χ0) is 15.6. The highest BCUT2D eigenvalue weighted by molar-refractivity contribution is 7.10. The summed E-state index contributed by atoms with van der Waals surface area (Å²) in [5, 5.41) is 2.08. The van der Waals surface area contributed by atoms with Gasteiger partial charge in [-0.15, -0.1) is 11.3 Å². The van der Waals surface area contributed by atoms with Crippen LogP contribution >= 0.6 is 11.3 Å². The van der Waals surface area contributed by atoms with Crippen LogP contribution in [-0.2, 0) is 11.3 Å². The molecule has 0 spiro atoms. The van der Waals surface area contributed by atoms with Gasteiger partial charge in [0.15, 0.2) is 0 Å². The standard InChI is InChI=1S/C18H21N3OS/c22-18(16-11-15(19-20-16)17-7-4-10-23-17)21(14-8-9-14)12-13-5-2-1-3-6-13/h1-7,10,14-16,19-20H,8-9,11-12H2. The van der Waals surface area contributed by atoms with Crippen LogP contribution < -0.4 is 10.9 Å². The van der Waals surface area contributed by atoms with Gasteiger partial charge in [0.2, 0.25) is 5.91 Å². The molecule has 1 amide bonds. The topological polar surface area (TPSA) is 44.4 Å². The van der Waals surface area contributed by atoms with Gasteiger partial charge in [-0.3, -0.25) is 4.79 Å². The molecule has 1 saturated heterocycles. The van der Waals surface area contributed by atoms with Crippen LogP contribution in [-0.4, -0.2) is 22.9 Å². The fourth-order valence-electron chi connectivity index (χ4n) is 3.15. The van der Waals surface area contributed by atoms with Gasteiger partial charge in [-0.25, -0.2) is 10.9 Å². The summed E-state index contributed by atoms with van der Waals surface area (Å²) in [5.41, 5.74) is 7.69. The van der Waals surface area contributed by atoms with Crippen LogP contribution in [0.25, 0.3) is 0 Å². The van der Waals surface area contributed by atoms with E-state index in [1.165, 1.54) is 10.4 Å². The van der Waals surface area contributed by atoms with E-state index in [0.717, 1.165) is 19.3 Å². The largest absolute Gasteiger partial charge is 0.334 e. The number of thiophene rings is 1. The van der Waals surface area contributed by atoms with Crippen molar-refractivity contribution in [2.24, 2.45) is 0 Å². The van der Waals surface area contributed by atoms with Crippen molar-refractivity contribution >= 4 is 17.2 Å². The molecule has 2 fully saturated rings. The molecule has 1 aromatic heterocycles. The van der Waals surface area contributed by atoms with Crippen molar-refractivity contribution in [3.05, 3.63) is 58.3 Å². The minimum Gasteiger partial charge on any atom is -0.334 e. The summed E-state index contributed by atoms with van der Waals surface area (Å²) in [5.74, 6) is 0.225. The quantitative estimate of drug-likeness (QED) is 0.887. The molecule has 1 aliphatic heterocycles. The molecule has 1 aliphatic carbocycles. The van der Waals surface area contributed by atoms with Crippen LogP contribution in [0.1, 0.15) is 35.7 Å². The van der Waals surface area contributed by atoms with E-state index in [0.29, 0.717) is 12.6 Å². The Morgan fingerprint density at radius 1 is 1.13 bits per heavy atom. The molecule has 0 bridgehead atoms. The van der Waals surface area contributed by atoms with Crippen LogP contribution in [0.3, 0.4) is 0 Å². The minimum atomic E-state index is -0.133. The molecule has 2 aliphatic rings. The number of nitrogens with one attached hydrogen (secondary N) is 2. The highest BCUT2D eigenvalue weighted by atomic mass is 32.1. The van der Waals surface area contributed by atoms with Crippen LogP contribution in [0.2, 0.25) is 0 Å². The first-order chi connectivity index (χ1) is 11.3. The zero-order valence-electron chi connectivity index (χ0n) is 12.9. The highest BCUT2D eigenvalue weighted by Gasteiger charge is 2.39. The lowest BCUT2D eigenvalue weighted by Gasteiger charge is -2.25. The molecular formula is C18H21N3OS. The molecule has 5 heteroatoms. The third-order valence-electron chi connectivity index (χ3n) is 4.55. The fraction of sp³-hybridized carbons (Fsp3) is 0.389. The van der Waals surface area contributed by atoms with Gasteiger partial charge in [0, 0.05) is 17.5 Å². The Morgan fingerprint density at radius 2 is 1.96 bits per heavy atom. The minimum absolute atomic E-state index is 0.133. The van der Waals surface area contributed by atoms with Gasteiger partial charge in [0.1, 0.15) is 6.04 Å². The number of nitrogens with zero attached hydrogens (tertiary/aromatic N) is 1. The average molecular weight is 327 g/mol. The molecule has 2 atom stereocenters. The number of hydrogen-bond acceptors (Lipinski definition) is 4. The fourth-order valence-corrected chi connectivity index (χ4v) is 3.94. The third-order valence-corrected chi connectivity index (χ3v) is 5.54. The maximum absolute atomic E-state index is 13.0. The van der Waals surface area contributed by atoms with Crippen LogP contribution in [0.4, 0.5) is 0 Å². The number of amides is 1. The molecule has 2 aromatic rings. The Hall–Kier alpha value is -1.69. The lowest BCUT2D eigenvalue weighted by atomic mass is 10.1. The predicted octanol–water partition coefficient (Wildman–Crippen LogP) is 2.85. The van der Waals surface area contributed by atoms with E-state index < -0.39 is 0 Å². The average Bonchev–Trinajstić information content (AvgIpc) is 3.08. The monoisotopic (exact) mass is 327 g/mol. The van der Waals surface area contributed by atoms with Crippen molar-refractivity contribution in [1.82, 2.24) is 15.8 Å². The van der Waals surface area contributed by atoms with E-state index in [4.69, 9.17) is 0 Å². The van der Waals surface area contributed by atoms with Crippen molar-refractivity contribution in [3.63, 3.8) is 0 Å². The van der Waals surface area contributed by atoms with Gasteiger partial charge < -0.3 is 4.90 Å². The zero-order valence-corrected chi connectivity index (χ0v) is 13.8. The summed E-state index contributed by atoms with van der Waals surface area (Å²) in [4.78, 5) is 16.3. The summed E-state index contributed by atoms with van der Waals surface area (Å²) in [6.07, 6.45) is 3.08. The Bertz CT molecular complexity index is 654. The van der Waals surface area contributed by atoms with E-state index >= 15 is 0 Å². The maximum Gasteiger partial charge on any atom is 0.241 e. The Kier molecular flexibility index (Phi) is 4.16. The SMILES string of the molecule is O=C(C1CC(c2cccs2)NN1)N(Cc1ccccc1)C1CC1. The van der Waals surface area contributed by atoms with E-state index in [2.05, 4.69) is 45.4 Å². The van der Waals surface area contributed by atoms with E-state index in [-0.39, 0.29) is 18.0 Å². The second-order valence-electron chi connectivity index (χ2n) is 6.33. The normalized spacial score (nSPS) is 23.8. The lowest BCUT2D eigenvalue weighted by molar-refractivity contribution is -0.134. The molecule has 4 rings (SSSR count). The van der Waals surface area contributed by atoms with E-state index in [9.17, 15) is 4.79 Å². The Labute approximate surface area is 140 Å². The van der Waals surface area contributed by atoms with Gasteiger partial charge >= 0.3 is 0 Å². The second kappa shape index (κ2) is 6.43. The predicted molar refractivity (Wildman–Crippen MR) is 91.8 cm³/mol. The summed E-state index contributed by atoms with van der Waals surface area (Å²) in [7, 11) is 0. The van der Waals surface area contributed by atoms with Crippen molar-refractivity contribution in [3.8, 4) is 0 Å². The number of carbonyl (C=O) groups excluding carboxylic acids is 1. The number of hydrogen-bond donors (Lipinski definition) is 2. The smallest absolute Gasteiger partial charge is 0.241 e. The molecule has 2 unspecified atom stereocenters. The molecular weight excluding hydrogens is 306 g/mol. The van der Waals surface area contributed by atoms with Crippen molar-refractivity contribution in [1.29, 1.82) is 0 Å². The van der Waals surface area contributed by atoms with Crippen LogP contribution in [0.15, 0.2) is 47.8 Å². The van der Waals surface area contributed by atoms with E-state index in [1.54, 1.807) is 11.3 Å². The first-order valence-electron chi connectivity index (χ1n) is 8.20. The maximum atomic E-state index is 13.0. The first kappa shape index (κ1) is 14.9. The van der Waals surface area contributed by atoms with Gasteiger partial charge in [0.05, 0.1) is 6.04 Å². The molecule has 120 valence electrons. The van der Waals surface area contributed by atoms with Crippen LogP contribution in [0.5, 0.6) is 0 Å². The van der Waals surface area contributed by atoms with Crippen LogP contribution in [0, 0.1) is 0 Å². The Balaban J connectivity index is 1.44. The first-order valence-corrected chi connectivity index (χ1v) is 9.08. The molecule has 2 N–H and O–H groups in total. The molecule has 1 saturated carbocycles. The number of benzene rings is 1. The number of hydrazine groups is 1. The summed E-state index contributed by atoms with van der Waals surface area (Å²) < 4.78 is 0. The van der Waals surface area contributed by atoms with Crippen molar-refractivity contribution in [2.75, 3.05) is 0 Å². The molecule has 4 nitrogen and oxygen atoms in total. The summed E-state index contributed by atoms with van der Waals surface area (Å²) in [6, 6.07) is 15.0. The molecule has 1 aromatic carbocycles. The van der Waals surface area contributed by atoms with Gasteiger partial charge in [-0.1, -0.05) is 36.4 Å². The summed E-state index contributed by atoms with van der Waals surface area (Å²) in [6.45, 7) is 0.714. The molecule has 23 heavy (non-hydrogen) atoms. The Morgan fingerprint density at radius 3 is 2.65 bits per heavy atom. The van der Waals surface area contributed by atoms with Gasteiger partial charge in [0.25, 0.3) is 0 Å².